The third-order valence-electron chi connectivity index (χ3n) is 7.26. The number of ether oxygens (including phenoxy) is 1. The Labute approximate surface area is 248 Å². The highest BCUT2D eigenvalue weighted by Crippen LogP contribution is 2.37. The Balaban J connectivity index is 1.17. The molecule has 1 aliphatic carbocycles. The van der Waals surface area contributed by atoms with Gasteiger partial charge in [0.25, 0.3) is 11.5 Å². The second kappa shape index (κ2) is 11.6. The van der Waals surface area contributed by atoms with Gasteiger partial charge < -0.3 is 20.3 Å². The highest BCUT2D eigenvalue weighted by Gasteiger charge is 2.36. The molecule has 0 aliphatic heterocycles. The number of hydrogen-bond acceptors (Lipinski definition) is 8. The van der Waals surface area contributed by atoms with Crippen molar-refractivity contribution in [3.05, 3.63) is 94.5 Å². The number of halogens is 2. The van der Waals surface area contributed by atoms with Crippen LogP contribution in [-0.2, 0) is 4.79 Å². The van der Waals surface area contributed by atoms with E-state index in [1.165, 1.54) is 54.9 Å². The molecule has 14 heteroatoms. The molecule has 2 aromatic carbocycles. The number of amides is 2. The van der Waals surface area contributed by atoms with Crippen LogP contribution >= 0.6 is 0 Å². The summed E-state index contributed by atoms with van der Waals surface area (Å²) in [6.07, 6.45) is 4.07. The van der Waals surface area contributed by atoms with Gasteiger partial charge in [-0.05, 0) is 55.3 Å². The van der Waals surface area contributed by atoms with Gasteiger partial charge in [0.15, 0.2) is 23.0 Å². The predicted octanol–water partition coefficient (Wildman–Crippen LogP) is 4.11. The summed E-state index contributed by atoms with van der Waals surface area (Å²) in [5.41, 5.74) is -0.186. The third-order valence-corrected chi connectivity index (χ3v) is 7.26. The van der Waals surface area contributed by atoms with E-state index in [1.54, 1.807) is 25.1 Å². The van der Waals surface area contributed by atoms with Crippen molar-refractivity contribution in [3.63, 3.8) is 0 Å². The second-order valence-corrected chi connectivity index (χ2v) is 10.5. The van der Waals surface area contributed by atoms with Gasteiger partial charge in [-0.1, -0.05) is 0 Å². The van der Waals surface area contributed by atoms with Crippen LogP contribution in [0.1, 0.15) is 23.2 Å². The molecule has 12 nitrogen and oxygen atoms in total. The Bertz CT molecular complexity index is 1930. The molecular formula is C30H26F2N8O4. The van der Waals surface area contributed by atoms with Gasteiger partial charge in [0.1, 0.15) is 22.5 Å². The van der Waals surface area contributed by atoms with Crippen LogP contribution in [-0.4, -0.2) is 61.8 Å². The number of rotatable bonds is 8. The summed E-state index contributed by atoms with van der Waals surface area (Å²) in [6, 6.07) is 11.7. The lowest BCUT2D eigenvalue weighted by Crippen LogP contribution is -2.44. The van der Waals surface area contributed by atoms with Crippen molar-refractivity contribution in [3.8, 4) is 17.2 Å². The van der Waals surface area contributed by atoms with Gasteiger partial charge in [0.2, 0.25) is 5.91 Å². The fourth-order valence-electron chi connectivity index (χ4n) is 4.94. The van der Waals surface area contributed by atoms with E-state index in [1.807, 2.05) is 0 Å². The van der Waals surface area contributed by atoms with Crippen LogP contribution in [0.5, 0.6) is 11.5 Å². The zero-order valence-corrected chi connectivity index (χ0v) is 23.5. The molecule has 0 saturated heterocycles. The van der Waals surface area contributed by atoms with E-state index in [9.17, 15) is 18.8 Å². The standard InChI is InChI=1S/C30H26F2N8O4/c1-39(2)29(42)16-13-19(14-16)35-27-25-24(10-11-33-26(25)37-38-27)44-23-8-5-18(15-22(23)32)36-28(41)21-9-12-34-40(30(21)43)20-6-3-17(31)4-7-20/h3-12,15-16,19H,13-14H2,1-2H3,(H,36,41)(H2,33,35,37,38)/t16-,19+. The van der Waals surface area contributed by atoms with Crippen LogP contribution in [0.4, 0.5) is 20.3 Å². The number of carbonyl (C=O) groups excluding carboxylic acids is 2. The summed E-state index contributed by atoms with van der Waals surface area (Å²) in [7, 11) is 3.46. The minimum absolute atomic E-state index is 0.0308. The van der Waals surface area contributed by atoms with Gasteiger partial charge in [0, 0.05) is 56.3 Å². The monoisotopic (exact) mass is 600 g/mol. The second-order valence-electron chi connectivity index (χ2n) is 10.5. The minimum Gasteiger partial charge on any atom is -0.453 e. The molecule has 3 aromatic heterocycles. The summed E-state index contributed by atoms with van der Waals surface area (Å²) in [6.45, 7) is 0. The smallest absolute Gasteiger partial charge is 0.284 e. The number of nitrogens with zero attached hydrogens (tertiary/aromatic N) is 5. The number of hydrogen-bond donors (Lipinski definition) is 3. The zero-order valence-electron chi connectivity index (χ0n) is 23.5. The van der Waals surface area contributed by atoms with Crippen molar-refractivity contribution in [2.24, 2.45) is 5.92 Å². The Morgan fingerprint density at radius 3 is 2.52 bits per heavy atom. The quantitative estimate of drug-likeness (QED) is 0.241. The Kier molecular flexibility index (Phi) is 7.47. The summed E-state index contributed by atoms with van der Waals surface area (Å²) in [5, 5.41) is 17.4. The SMILES string of the molecule is CN(C)C(=O)[C@H]1C[C@@H](Nc2n[nH]c3nccc(Oc4ccc(NC(=O)c5ccnn(-c6ccc(F)cc6)c5=O)cc4F)c23)C1. The minimum atomic E-state index is -0.781. The lowest BCUT2D eigenvalue weighted by atomic mass is 9.79. The van der Waals surface area contributed by atoms with Crippen molar-refractivity contribution in [1.82, 2.24) is 29.9 Å². The first-order chi connectivity index (χ1) is 21.2. The third kappa shape index (κ3) is 5.56. The highest BCUT2D eigenvalue weighted by molar-refractivity contribution is 6.04. The Morgan fingerprint density at radius 1 is 1.02 bits per heavy atom. The van der Waals surface area contributed by atoms with Crippen molar-refractivity contribution >= 4 is 34.4 Å². The van der Waals surface area contributed by atoms with Crippen molar-refractivity contribution in [2.45, 2.75) is 18.9 Å². The van der Waals surface area contributed by atoms with Gasteiger partial charge in [0.05, 0.1) is 5.69 Å². The van der Waals surface area contributed by atoms with Crippen molar-refractivity contribution in [2.75, 3.05) is 24.7 Å². The molecule has 44 heavy (non-hydrogen) atoms. The summed E-state index contributed by atoms with van der Waals surface area (Å²) in [5.74, 6) is -1.36. The fraction of sp³-hybridized carbons (Fsp3) is 0.200. The largest absolute Gasteiger partial charge is 0.453 e. The summed E-state index contributed by atoms with van der Waals surface area (Å²) < 4.78 is 35.4. The first kappa shape index (κ1) is 28.5. The Morgan fingerprint density at radius 2 is 1.80 bits per heavy atom. The average molecular weight is 601 g/mol. The molecule has 0 bridgehead atoms. The summed E-state index contributed by atoms with van der Waals surface area (Å²) in [4.78, 5) is 43.8. The van der Waals surface area contributed by atoms with Gasteiger partial charge in [-0.15, -0.1) is 0 Å². The molecule has 2 amide bonds. The van der Waals surface area contributed by atoms with Gasteiger partial charge >= 0.3 is 0 Å². The van der Waals surface area contributed by atoms with Crippen LogP contribution in [0.15, 0.2) is 71.8 Å². The Hall–Kier alpha value is -5.66. The maximum absolute atomic E-state index is 15.2. The number of benzene rings is 2. The van der Waals surface area contributed by atoms with Crippen LogP contribution in [0.25, 0.3) is 16.7 Å². The number of nitrogens with one attached hydrogen (secondary N) is 3. The zero-order chi connectivity index (χ0) is 31.0. The normalized spacial score (nSPS) is 15.8. The van der Waals surface area contributed by atoms with E-state index in [0.717, 1.165) is 10.7 Å². The molecule has 0 atom stereocenters. The molecule has 6 rings (SSSR count). The average Bonchev–Trinajstić information content (AvgIpc) is 3.40. The van der Waals surface area contributed by atoms with E-state index in [0.29, 0.717) is 35.4 Å². The number of carbonyl (C=O) groups is 2. The molecule has 0 radical (unpaired) electrons. The van der Waals surface area contributed by atoms with E-state index in [4.69, 9.17) is 4.74 Å². The lowest BCUT2D eigenvalue weighted by molar-refractivity contribution is -0.135. The fourth-order valence-corrected chi connectivity index (χ4v) is 4.94. The first-order valence-electron chi connectivity index (χ1n) is 13.6. The van der Waals surface area contributed by atoms with Crippen LogP contribution < -0.4 is 20.9 Å². The molecule has 0 spiro atoms. The predicted molar refractivity (Wildman–Crippen MR) is 157 cm³/mol. The van der Waals surface area contributed by atoms with Crippen LogP contribution in [0, 0.1) is 17.6 Å². The van der Waals surface area contributed by atoms with Gasteiger partial charge in [-0.2, -0.15) is 14.9 Å². The lowest BCUT2D eigenvalue weighted by Gasteiger charge is -2.36. The van der Waals surface area contributed by atoms with Crippen molar-refractivity contribution in [1.29, 1.82) is 0 Å². The van der Waals surface area contributed by atoms with Gasteiger partial charge in [-0.25, -0.2) is 13.8 Å². The number of aromatic nitrogens is 5. The van der Waals surface area contributed by atoms with Crippen LogP contribution in [0.3, 0.4) is 0 Å². The molecule has 0 unspecified atom stereocenters. The topological polar surface area (TPSA) is 147 Å². The van der Waals surface area contributed by atoms with E-state index < -0.39 is 23.1 Å². The van der Waals surface area contributed by atoms with E-state index in [-0.39, 0.29) is 40.6 Å². The maximum Gasteiger partial charge on any atom is 0.284 e. The van der Waals surface area contributed by atoms with Gasteiger partial charge in [-0.3, -0.25) is 19.5 Å². The molecule has 224 valence electrons. The first-order valence-corrected chi connectivity index (χ1v) is 13.6. The molecule has 3 heterocycles. The van der Waals surface area contributed by atoms with Crippen molar-refractivity contribution < 1.29 is 23.1 Å². The molecule has 3 N–H and O–H groups in total. The number of pyridine rings is 1. The summed E-state index contributed by atoms with van der Waals surface area (Å²) >= 11 is 0. The molecule has 5 aromatic rings. The highest BCUT2D eigenvalue weighted by atomic mass is 19.1. The number of fused-ring (bicyclic) bond motifs is 1. The maximum atomic E-state index is 15.2. The number of aromatic amines is 1. The number of anilines is 2. The van der Waals surface area contributed by atoms with E-state index in [2.05, 4.69) is 30.9 Å². The van der Waals surface area contributed by atoms with Crippen LogP contribution in [0.2, 0.25) is 0 Å². The number of H-pyrrole nitrogens is 1. The molecular weight excluding hydrogens is 574 g/mol. The molecule has 1 aliphatic rings. The molecule has 1 fully saturated rings. The molecule has 1 saturated carbocycles. The van der Waals surface area contributed by atoms with E-state index >= 15 is 4.39 Å².